The molecule has 36 heavy (non-hydrogen) atoms. The lowest BCUT2D eigenvalue weighted by molar-refractivity contribution is -0.141. The van der Waals surface area contributed by atoms with Crippen molar-refractivity contribution in [3.05, 3.63) is 59.7 Å². The van der Waals surface area contributed by atoms with Crippen LogP contribution in [0.25, 0.3) is 0 Å². The first-order valence-electron chi connectivity index (χ1n) is 12.4. The molecular formula is C27H39N3O5S. The quantitative estimate of drug-likeness (QED) is 0.410. The highest BCUT2D eigenvalue weighted by Crippen LogP contribution is 2.23. The summed E-state index contributed by atoms with van der Waals surface area (Å²) in [5.74, 6) is 0.336. The number of para-hydroxylation sites is 1. The Morgan fingerprint density at radius 3 is 2.28 bits per heavy atom. The van der Waals surface area contributed by atoms with Crippen molar-refractivity contribution in [2.24, 2.45) is 0 Å². The molecule has 0 spiro atoms. The molecule has 0 aliphatic rings. The maximum absolute atomic E-state index is 13.4. The number of anilines is 1. The lowest BCUT2D eigenvalue weighted by Gasteiger charge is -2.31. The van der Waals surface area contributed by atoms with Gasteiger partial charge in [-0.3, -0.25) is 13.9 Å². The second-order valence-electron chi connectivity index (χ2n) is 8.81. The van der Waals surface area contributed by atoms with Gasteiger partial charge in [-0.2, -0.15) is 0 Å². The van der Waals surface area contributed by atoms with Gasteiger partial charge in [0.05, 0.1) is 19.1 Å². The average molecular weight is 518 g/mol. The zero-order valence-electron chi connectivity index (χ0n) is 22.0. The van der Waals surface area contributed by atoms with Gasteiger partial charge in [0.15, 0.2) is 0 Å². The number of nitrogens with one attached hydrogen (secondary N) is 1. The second-order valence-corrected chi connectivity index (χ2v) is 10.7. The van der Waals surface area contributed by atoms with Crippen molar-refractivity contribution in [2.45, 2.75) is 59.0 Å². The van der Waals surface area contributed by atoms with Crippen LogP contribution < -0.4 is 14.4 Å². The molecule has 2 rings (SSSR count). The first-order valence-corrected chi connectivity index (χ1v) is 14.2. The largest absolute Gasteiger partial charge is 0.497 e. The molecule has 0 aliphatic carbocycles. The monoisotopic (exact) mass is 517 g/mol. The number of hydrogen-bond donors (Lipinski definition) is 1. The summed E-state index contributed by atoms with van der Waals surface area (Å²) in [5.41, 5.74) is 2.32. The van der Waals surface area contributed by atoms with Gasteiger partial charge in [-0.05, 0) is 55.5 Å². The summed E-state index contributed by atoms with van der Waals surface area (Å²) in [5, 5.41) is 2.90. The van der Waals surface area contributed by atoms with E-state index in [1.807, 2.05) is 57.2 Å². The standard InChI is InChI=1S/C27H39N3O5S/c1-6-18-28-27(32)24(7-2)29(20-22-14-16-23(35-4)17-15-22)26(31)13-10-19-30(36(5,33)34)25-12-9-8-11-21(25)3/h8-9,11-12,14-17,24H,6-7,10,13,18-20H2,1-5H3,(H,28,32)/t24-/m1/s1. The van der Waals surface area contributed by atoms with Crippen LogP contribution in [0.15, 0.2) is 48.5 Å². The molecule has 0 unspecified atom stereocenters. The third kappa shape index (κ3) is 8.26. The third-order valence-electron chi connectivity index (χ3n) is 5.98. The van der Waals surface area contributed by atoms with Crippen molar-refractivity contribution in [1.29, 1.82) is 0 Å². The Kier molecular flexibility index (Phi) is 11.2. The Hall–Kier alpha value is -3.07. The van der Waals surface area contributed by atoms with E-state index in [-0.39, 0.29) is 31.3 Å². The molecule has 0 fully saturated rings. The number of methoxy groups -OCH3 is 1. The summed E-state index contributed by atoms with van der Waals surface area (Å²) in [6.07, 6.45) is 2.88. The first kappa shape index (κ1) is 29.2. The van der Waals surface area contributed by atoms with Crippen molar-refractivity contribution in [1.82, 2.24) is 10.2 Å². The number of carbonyl (C=O) groups is 2. The van der Waals surface area contributed by atoms with Crippen LogP contribution in [0.3, 0.4) is 0 Å². The SMILES string of the molecule is CCCNC(=O)[C@@H](CC)N(Cc1ccc(OC)cc1)C(=O)CCCN(c1ccccc1C)S(C)(=O)=O. The van der Waals surface area contributed by atoms with Crippen LogP contribution in [0.2, 0.25) is 0 Å². The zero-order chi connectivity index (χ0) is 26.7. The van der Waals surface area contributed by atoms with Crippen molar-refractivity contribution in [3.8, 4) is 5.75 Å². The zero-order valence-corrected chi connectivity index (χ0v) is 22.8. The van der Waals surface area contributed by atoms with E-state index in [0.717, 1.165) is 17.5 Å². The number of rotatable bonds is 14. The second kappa shape index (κ2) is 13.9. The van der Waals surface area contributed by atoms with Crippen LogP contribution in [-0.2, 0) is 26.2 Å². The minimum Gasteiger partial charge on any atom is -0.497 e. The molecule has 0 saturated heterocycles. The molecule has 2 aromatic carbocycles. The van der Waals surface area contributed by atoms with Gasteiger partial charge >= 0.3 is 0 Å². The molecule has 9 heteroatoms. The molecular weight excluding hydrogens is 478 g/mol. The maximum atomic E-state index is 13.4. The summed E-state index contributed by atoms with van der Waals surface area (Å²) in [6, 6.07) is 14.0. The van der Waals surface area contributed by atoms with Gasteiger partial charge in [0, 0.05) is 26.1 Å². The summed E-state index contributed by atoms with van der Waals surface area (Å²) in [4.78, 5) is 27.9. The molecule has 2 aromatic rings. The van der Waals surface area contributed by atoms with Gasteiger partial charge in [0.1, 0.15) is 11.8 Å². The molecule has 2 amide bonds. The molecule has 0 aliphatic heterocycles. The van der Waals surface area contributed by atoms with Crippen molar-refractivity contribution in [2.75, 3.05) is 30.8 Å². The molecule has 0 saturated carbocycles. The lowest BCUT2D eigenvalue weighted by atomic mass is 10.1. The van der Waals surface area contributed by atoms with Gasteiger partial charge in [0.25, 0.3) is 0 Å². The highest BCUT2D eigenvalue weighted by Gasteiger charge is 2.28. The number of amides is 2. The lowest BCUT2D eigenvalue weighted by Crippen LogP contribution is -2.49. The number of hydrogen-bond acceptors (Lipinski definition) is 5. The van der Waals surface area contributed by atoms with E-state index in [2.05, 4.69) is 5.32 Å². The topological polar surface area (TPSA) is 96.0 Å². The minimum absolute atomic E-state index is 0.117. The van der Waals surface area contributed by atoms with E-state index >= 15 is 0 Å². The molecule has 8 nitrogen and oxygen atoms in total. The number of sulfonamides is 1. The van der Waals surface area contributed by atoms with Gasteiger partial charge in [-0.15, -0.1) is 0 Å². The van der Waals surface area contributed by atoms with Crippen LogP contribution >= 0.6 is 0 Å². The summed E-state index contributed by atoms with van der Waals surface area (Å²) in [6.45, 7) is 6.70. The number of benzene rings is 2. The fourth-order valence-corrected chi connectivity index (χ4v) is 5.06. The number of nitrogens with zero attached hydrogens (tertiary/aromatic N) is 2. The predicted octanol–water partition coefficient (Wildman–Crippen LogP) is 3.88. The Balaban J connectivity index is 2.21. The molecule has 0 aromatic heterocycles. The van der Waals surface area contributed by atoms with Crippen LogP contribution in [0.1, 0.15) is 50.7 Å². The van der Waals surface area contributed by atoms with Crippen LogP contribution in [-0.4, -0.2) is 57.6 Å². The van der Waals surface area contributed by atoms with Gasteiger partial charge < -0.3 is 15.0 Å². The molecule has 1 atom stereocenters. The van der Waals surface area contributed by atoms with Crippen molar-refractivity contribution < 1.29 is 22.7 Å². The van der Waals surface area contributed by atoms with E-state index < -0.39 is 16.1 Å². The molecule has 0 bridgehead atoms. The molecule has 0 radical (unpaired) electrons. The molecule has 0 heterocycles. The molecule has 1 N–H and O–H groups in total. The summed E-state index contributed by atoms with van der Waals surface area (Å²) in [7, 11) is -1.94. The smallest absolute Gasteiger partial charge is 0.242 e. The summed E-state index contributed by atoms with van der Waals surface area (Å²) < 4.78 is 31.6. The van der Waals surface area contributed by atoms with Gasteiger partial charge in [-0.1, -0.05) is 44.2 Å². The van der Waals surface area contributed by atoms with Crippen LogP contribution in [0, 0.1) is 6.92 Å². The van der Waals surface area contributed by atoms with Crippen LogP contribution in [0.4, 0.5) is 5.69 Å². The Labute approximate surface area is 215 Å². The van der Waals surface area contributed by atoms with Crippen molar-refractivity contribution >= 4 is 27.5 Å². The fourth-order valence-electron chi connectivity index (χ4n) is 4.04. The number of aryl methyl sites for hydroxylation is 1. The van der Waals surface area contributed by atoms with Gasteiger partial charge in [-0.25, -0.2) is 8.42 Å². The van der Waals surface area contributed by atoms with E-state index in [1.165, 1.54) is 10.6 Å². The Morgan fingerprint density at radius 1 is 1.06 bits per heavy atom. The van der Waals surface area contributed by atoms with E-state index in [4.69, 9.17) is 4.74 Å². The Bertz CT molecular complexity index is 1100. The predicted molar refractivity (Wildman–Crippen MR) is 144 cm³/mol. The molecule has 198 valence electrons. The number of carbonyl (C=O) groups excluding carboxylic acids is 2. The van der Waals surface area contributed by atoms with E-state index in [0.29, 0.717) is 30.8 Å². The normalized spacial score (nSPS) is 12.0. The number of ether oxygens (including phenoxy) is 1. The Morgan fingerprint density at radius 2 is 1.72 bits per heavy atom. The summed E-state index contributed by atoms with van der Waals surface area (Å²) >= 11 is 0. The fraction of sp³-hybridized carbons (Fsp3) is 0.481. The highest BCUT2D eigenvalue weighted by molar-refractivity contribution is 7.92. The minimum atomic E-state index is -3.53. The highest BCUT2D eigenvalue weighted by atomic mass is 32.2. The first-order chi connectivity index (χ1) is 17.1. The van der Waals surface area contributed by atoms with Crippen molar-refractivity contribution in [3.63, 3.8) is 0 Å². The third-order valence-corrected chi connectivity index (χ3v) is 7.16. The van der Waals surface area contributed by atoms with E-state index in [1.54, 1.807) is 24.1 Å². The maximum Gasteiger partial charge on any atom is 0.242 e. The average Bonchev–Trinajstić information content (AvgIpc) is 2.85. The van der Waals surface area contributed by atoms with Gasteiger partial charge in [0.2, 0.25) is 21.8 Å². The van der Waals surface area contributed by atoms with Crippen LogP contribution in [0.5, 0.6) is 5.75 Å². The van der Waals surface area contributed by atoms with E-state index in [9.17, 15) is 18.0 Å².